The molecule has 0 bridgehead atoms. The molecule has 5 nitrogen and oxygen atoms in total. The molecule has 1 saturated heterocycles. The zero-order chi connectivity index (χ0) is 14.8. The molecule has 0 saturated carbocycles. The van der Waals surface area contributed by atoms with Crippen LogP contribution in [0.4, 0.5) is 0 Å². The van der Waals surface area contributed by atoms with Crippen LogP contribution in [-0.2, 0) is 16.6 Å². The summed E-state index contributed by atoms with van der Waals surface area (Å²) in [5.41, 5.74) is 1.11. The van der Waals surface area contributed by atoms with Crippen molar-refractivity contribution in [2.45, 2.75) is 23.9 Å². The molecular formula is C14H23N3O2S. The SMILES string of the molecule is CNC1CCN(S(=O)(=O)c2ccc(CN(C)C)cc2)C1. The van der Waals surface area contributed by atoms with Gasteiger partial charge in [0.15, 0.2) is 0 Å². The monoisotopic (exact) mass is 297 g/mol. The molecule has 0 aromatic heterocycles. The third-order valence-corrected chi connectivity index (χ3v) is 5.50. The lowest BCUT2D eigenvalue weighted by molar-refractivity contribution is 0.402. The van der Waals surface area contributed by atoms with E-state index in [-0.39, 0.29) is 6.04 Å². The van der Waals surface area contributed by atoms with Crippen molar-refractivity contribution in [1.82, 2.24) is 14.5 Å². The first-order valence-electron chi connectivity index (χ1n) is 6.84. The number of rotatable bonds is 5. The van der Waals surface area contributed by atoms with Gasteiger partial charge in [-0.05, 0) is 45.3 Å². The number of nitrogens with one attached hydrogen (secondary N) is 1. The first-order chi connectivity index (χ1) is 9.43. The lowest BCUT2D eigenvalue weighted by Gasteiger charge is -2.17. The molecule has 0 spiro atoms. The van der Waals surface area contributed by atoms with Crippen molar-refractivity contribution in [2.24, 2.45) is 0 Å². The van der Waals surface area contributed by atoms with Gasteiger partial charge in [0, 0.05) is 25.7 Å². The Labute approximate surface area is 121 Å². The quantitative estimate of drug-likeness (QED) is 0.870. The number of likely N-dealkylation sites (N-methyl/N-ethyl adjacent to an activating group) is 1. The highest BCUT2D eigenvalue weighted by atomic mass is 32.2. The summed E-state index contributed by atoms with van der Waals surface area (Å²) in [6.45, 7) is 1.96. The molecule has 6 heteroatoms. The van der Waals surface area contributed by atoms with E-state index in [1.165, 1.54) is 0 Å². The molecule has 1 unspecified atom stereocenters. The second kappa shape index (κ2) is 6.22. The van der Waals surface area contributed by atoms with E-state index in [1.807, 2.05) is 33.3 Å². The molecule has 1 aliphatic heterocycles. The number of hydrogen-bond acceptors (Lipinski definition) is 4. The number of benzene rings is 1. The maximum atomic E-state index is 12.5. The Hall–Kier alpha value is -0.950. The third-order valence-electron chi connectivity index (χ3n) is 3.62. The van der Waals surface area contributed by atoms with Crippen LogP contribution in [0.5, 0.6) is 0 Å². The van der Waals surface area contributed by atoms with Crippen LogP contribution in [0.15, 0.2) is 29.2 Å². The predicted molar refractivity (Wildman–Crippen MR) is 80.1 cm³/mol. The topological polar surface area (TPSA) is 52.7 Å². The Morgan fingerprint density at radius 1 is 1.30 bits per heavy atom. The van der Waals surface area contributed by atoms with E-state index in [9.17, 15) is 8.42 Å². The maximum Gasteiger partial charge on any atom is 0.243 e. The minimum absolute atomic E-state index is 0.262. The highest BCUT2D eigenvalue weighted by Gasteiger charge is 2.31. The molecule has 1 heterocycles. The van der Waals surface area contributed by atoms with E-state index in [2.05, 4.69) is 10.2 Å². The molecule has 0 amide bonds. The van der Waals surface area contributed by atoms with Crippen LogP contribution in [0.2, 0.25) is 0 Å². The molecule has 0 radical (unpaired) electrons. The van der Waals surface area contributed by atoms with Crippen molar-refractivity contribution >= 4 is 10.0 Å². The van der Waals surface area contributed by atoms with E-state index in [0.29, 0.717) is 18.0 Å². The van der Waals surface area contributed by atoms with Crippen LogP contribution in [0, 0.1) is 0 Å². The first kappa shape index (κ1) is 15.4. The average molecular weight is 297 g/mol. The highest BCUT2D eigenvalue weighted by molar-refractivity contribution is 7.89. The summed E-state index contributed by atoms with van der Waals surface area (Å²) < 4.78 is 26.6. The lowest BCUT2D eigenvalue weighted by atomic mass is 10.2. The minimum Gasteiger partial charge on any atom is -0.316 e. The summed E-state index contributed by atoms with van der Waals surface area (Å²) in [6.07, 6.45) is 0.869. The van der Waals surface area contributed by atoms with Crippen molar-refractivity contribution in [3.63, 3.8) is 0 Å². The summed E-state index contributed by atoms with van der Waals surface area (Å²) >= 11 is 0. The van der Waals surface area contributed by atoms with Gasteiger partial charge in [-0.1, -0.05) is 12.1 Å². The fourth-order valence-electron chi connectivity index (χ4n) is 2.46. The summed E-state index contributed by atoms with van der Waals surface area (Å²) in [5.74, 6) is 0. The lowest BCUT2D eigenvalue weighted by Crippen LogP contribution is -2.33. The molecule has 1 atom stereocenters. The summed E-state index contributed by atoms with van der Waals surface area (Å²) in [5, 5.41) is 3.14. The Balaban J connectivity index is 2.14. The molecule has 1 aliphatic rings. The third kappa shape index (κ3) is 3.38. The van der Waals surface area contributed by atoms with E-state index >= 15 is 0 Å². The van der Waals surface area contributed by atoms with Gasteiger partial charge in [0.1, 0.15) is 0 Å². The van der Waals surface area contributed by atoms with Crippen molar-refractivity contribution in [3.8, 4) is 0 Å². The number of sulfonamides is 1. The van der Waals surface area contributed by atoms with Crippen molar-refractivity contribution in [2.75, 3.05) is 34.2 Å². The van der Waals surface area contributed by atoms with Crippen LogP contribution in [0.3, 0.4) is 0 Å². The number of hydrogen-bond donors (Lipinski definition) is 1. The molecule has 1 N–H and O–H groups in total. The van der Waals surface area contributed by atoms with Crippen molar-refractivity contribution in [3.05, 3.63) is 29.8 Å². The van der Waals surface area contributed by atoms with Gasteiger partial charge in [-0.25, -0.2) is 8.42 Å². The zero-order valence-corrected chi connectivity index (χ0v) is 13.2. The van der Waals surface area contributed by atoms with Crippen LogP contribution < -0.4 is 5.32 Å². The zero-order valence-electron chi connectivity index (χ0n) is 12.3. The molecule has 1 aromatic carbocycles. The molecule has 0 aliphatic carbocycles. The molecular weight excluding hydrogens is 274 g/mol. The smallest absolute Gasteiger partial charge is 0.243 e. The average Bonchev–Trinajstić information content (AvgIpc) is 2.88. The van der Waals surface area contributed by atoms with Crippen molar-refractivity contribution in [1.29, 1.82) is 0 Å². The van der Waals surface area contributed by atoms with E-state index in [0.717, 1.165) is 18.5 Å². The van der Waals surface area contributed by atoms with Gasteiger partial charge in [-0.15, -0.1) is 0 Å². The highest BCUT2D eigenvalue weighted by Crippen LogP contribution is 2.21. The van der Waals surface area contributed by atoms with Gasteiger partial charge in [-0.2, -0.15) is 4.31 Å². The summed E-state index contributed by atoms with van der Waals surface area (Å²) in [4.78, 5) is 2.44. The Morgan fingerprint density at radius 3 is 2.45 bits per heavy atom. The van der Waals surface area contributed by atoms with Gasteiger partial charge < -0.3 is 10.2 Å². The van der Waals surface area contributed by atoms with E-state index in [1.54, 1.807) is 16.4 Å². The molecule has 1 aromatic rings. The summed E-state index contributed by atoms with van der Waals surface area (Å²) in [7, 11) is 2.51. The Morgan fingerprint density at radius 2 is 1.95 bits per heavy atom. The van der Waals surface area contributed by atoms with Crippen molar-refractivity contribution < 1.29 is 8.42 Å². The minimum atomic E-state index is -3.35. The first-order valence-corrected chi connectivity index (χ1v) is 8.28. The van der Waals surface area contributed by atoms with Gasteiger partial charge in [0.25, 0.3) is 0 Å². The van der Waals surface area contributed by atoms with Gasteiger partial charge in [0.05, 0.1) is 4.90 Å². The molecule has 1 fully saturated rings. The van der Waals surface area contributed by atoms with Gasteiger partial charge in [-0.3, -0.25) is 0 Å². The van der Waals surface area contributed by atoms with Crippen LogP contribution in [-0.4, -0.2) is 57.9 Å². The summed E-state index contributed by atoms with van der Waals surface area (Å²) in [6, 6.07) is 7.46. The van der Waals surface area contributed by atoms with E-state index < -0.39 is 10.0 Å². The predicted octanol–water partition coefficient (Wildman–Crippen LogP) is 0.731. The van der Waals surface area contributed by atoms with E-state index in [4.69, 9.17) is 0 Å². The second-order valence-electron chi connectivity index (χ2n) is 5.52. The Kier molecular flexibility index (Phi) is 4.80. The fraction of sp³-hybridized carbons (Fsp3) is 0.571. The number of nitrogens with zero attached hydrogens (tertiary/aromatic N) is 2. The molecule has 2 rings (SSSR count). The largest absolute Gasteiger partial charge is 0.316 e. The standard InChI is InChI=1S/C14H23N3O2S/c1-15-13-8-9-17(11-13)20(18,19)14-6-4-12(5-7-14)10-16(2)3/h4-7,13,15H,8-11H2,1-3H3. The second-order valence-corrected chi connectivity index (χ2v) is 7.46. The van der Waals surface area contributed by atoms with Gasteiger partial charge in [0.2, 0.25) is 10.0 Å². The van der Waals surface area contributed by atoms with Crippen LogP contribution >= 0.6 is 0 Å². The molecule has 20 heavy (non-hydrogen) atoms. The fourth-order valence-corrected chi connectivity index (χ4v) is 3.96. The molecule has 112 valence electrons. The Bertz CT molecular complexity index is 540. The van der Waals surface area contributed by atoms with Crippen LogP contribution in [0.25, 0.3) is 0 Å². The van der Waals surface area contributed by atoms with Crippen LogP contribution in [0.1, 0.15) is 12.0 Å². The maximum absolute atomic E-state index is 12.5. The normalized spacial score (nSPS) is 20.7. The van der Waals surface area contributed by atoms with Gasteiger partial charge >= 0.3 is 0 Å².